The number of hydrazone groups is 1. The summed E-state index contributed by atoms with van der Waals surface area (Å²) in [5.41, 5.74) is 4.83. The molecule has 0 aromatic heterocycles. The van der Waals surface area contributed by atoms with Crippen molar-refractivity contribution in [3.8, 4) is 0 Å². The number of rotatable bonds is 4. The molecule has 1 heterocycles. The summed E-state index contributed by atoms with van der Waals surface area (Å²) in [6, 6.07) is 16.5. The lowest BCUT2D eigenvalue weighted by atomic mass is 9.93. The fraction of sp³-hybridized carbons (Fsp3) is 0.273. The normalized spacial score (nSPS) is 16.4. The molecule has 4 rings (SSSR count). The summed E-state index contributed by atoms with van der Waals surface area (Å²) >= 11 is 0. The molecule has 1 fully saturated rings. The molecule has 5 nitrogen and oxygen atoms in total. The highest BCUT2D eigenvalue weighted by atomic mass is 16.7. The van der Waals surface area contributed by atoms with Gasteiger partial charge in [-0.05, 0) is 41.0 Å². The van der Waals surface area contributed by atoms with Gasteiger partial charge in [-0.1, -0.05) is 48.5 Å². The van der Waals surface area contributed by atoms with Crippen LogP contribution in [-0.2, 0) is 14.3 Å². The average molecular weight is 362 g/mol. The summed E-state index contributed by atoms with van der Waals surface area (Å²) in [6.45, 7) is 4.92. The van der Waals surface area contributed by atoms with Crippen LogP contribution in [0.4, 0.5) is 0 Å². The van der Waals surface area contributed by atoms with E-state index in [1.165, 1.54) is 16.3 Å². The van der Waals surface area contributed by atoms with E-state index in [9.17, 15) is 4.79 Å². The Morgan fingerprint density at radius 2 is 1.56 bits per heavy atom. The summed E-state index contributed by atoms with van der Waals surface area (Å²) in [4.78, 5) is 12.2. The van der Waals surface area contributed by atoms with Crippen molar-refractivity contribution in [3.63, 3.8) is 0 Å². The lowest BCUT2D eigenvalue weighted by Crippen LogP contribution is -2.33. The van der Waals surface area contributed by atoms with E-state index >= 15 is 0 Å². The SMILES string of the molecule is Cc1c2ccccc2c(C=NNC(=O)CC2(C)OCCO2)c2ccccc12. The number of hydrogen-bond acceptors (Lipinski definition) is 4. The Hall–Kier alpha value is -2.76. The molecule has 1 saturated heterocycles. The predicted octanol–water partition coefficient (Wildman–Crippen LogP) is 3.90. The van der Waals surface area contributed by atoms with Crippen molar-refractivity contribution in [2.24, 2.45) is 5.10 Å². The zero-order chi connectivity index (χ0) is 18.9. The molecule has 27 heavy (non-hydrogen) atoms. The van der Waals surface area contributed by atoms with E-state index in [1.54, 1.807) is 13.1 Å². The van der Waals surface area contributed by atoms with Gasteiger partial charge >= 0.3 is 0 Å². The summed E-state index contributed by atoms with van der Waals surface area (Å²) in [5.74, 6) is -1.10. The molecule has 1 aliphatic heterocycles. The van der Waals surface area contributed by atoms with Crippen molar-refractivity contribution in [2.45, 2.75) is 26.1 Å². The summed E-state index contributed by atoms with van der Waals surface area (Å²) < 4.78 is 10.9. The van der Waals surface area contributed by atoms with Crippen LogP contribution in [-0.4, -0.2) is 31.1 Å². The van der Waals surface area contributed by atoms with Gasteiger partial charge < -0.3 is 9.47 Å². The van der Waals surface area contributed by atoms with Crippen molar-refractivity contribution in [1.29, 1.82) is 0 Å². The molecule has 0 unspecified atom stereocenters. The molecule has 3 aromatic carbocycles. The molecular weight excluding hydrogens is 340 g/mol. The third-order valence-corrected chi connectivity index (χ3v) is 5.01. The minimum Gasteiger partial charge on any atom is -0.347 e. The second kappa shape index (κ2) is 7.10. The van der Waals surface area contributed by atoms with E-state index in [2.05, 4.69) is 41.7 Å². The van der Waals surface area contributed by atoms with Crippen molar-refractivity contribution in [3.05, 3.63) is 59.7 Å². The summed E-state index contributed by atoms with van der Waals surface area (Å²) in [6.07, 6.45) is 1.83. The van der Waals surface area contributed by atoms with Crippen LogP contribution in [0.3, 0.4) is 0 Å². The Balaban J connectivity index is 1.65. The monoisotopic (exact) mass is 362 g/mol. The Morgan fingerprint density at radius 1 is 1.04 bits per heavy atom. The maximum absolute atomic E-state index is 12.2. The average Bonchev–Trinajstić information content (AvgIpc) is 3.10. The number of nitrogens with zero attached hydrogens (tertiary/aromatic N) is 1. The van der Waals surface area contributed by atoms with Gasteiger partial charge in [0.2, 0.25) is 5.91 Å². The number of benzene rings is 3. The molecule has 0 bridgehead atoms. The third kappa shape index (κ3) is 3.44. The first-order valence-corrected chi connectivity index (χ1v) is 9.07. The van der Waals surface area contributed by atoms with Gasteiger partial charge in [0.25, 0.3) is 0 Å². The first-order chi connectivity index (χ1) is 13.1. The highest BCUT2D eigenvalue weighted by molar-refractivity contribution is 6.15. The van der Waals surface area contributed by atoms with E-state index in [0.717, 1.165) is 16.3 Å². The van der Waals surface area contributed by atoms with Crippen LogP contribution in [0, 0.1) is 6.92 Å². The molecule has 1 aliphatic rings. The lowest BCUT2D eigenvalue weighted by molar-refractivity contribution is -0.159. The fourth-order valence-corrected chi connectivity index (χ4v) is 3.68. The number of carbonyl (C=O) groups excluding carboxylic acids is 1. The van der Waals surface area contributed by atoms with Crippen molar-refractivity contribution in [2.75, 3.05) is 13.2 Å². The Kier molecular flexibility index (Phi) is 4.64. The molecule has 138 valence electrons. The maximum Gasteiger partial charge on any atom is 0.245 e. The molecule has 1 N–H and O–H groups in total. The molecule has 0 spiro atoms. The van der Waals surface area contributed by atoms with Gasteiger partial charge in [-0.2, -0.15) is 5.10 Å². The third-order valence-electron chi connectivity index (χ3n) is 5.01. The van der Waals surface area contributed by atoms with Crippen LogP contribution in [0.2, 0.25) is 0 Å². The molecule has 0 saturated carbocycles. The Labute approximate surface area is 158 Å². The van der Waals surface area contributed by atoms with Gasteiger partial charge in [0, 0.05) is 5.56 Å². The smallest absolute Gasteiger partial charge is 0.245 e. The van der Waals surface area contributed by atoms with Gasteiger partial charge in [0.1, 0.15) is 0 Å². The standard InChI is InChI=1S/C22H22N2O3/c1-15-16-7-3-5-9-18(16)20(19-10-6-4-8-17(15)19)14-23-24-21(25)13-22(2)26-11-12-27-22/h3-10,14H,11-13H2,1-2H3,(H,24,25). The quantitative estimate of drug-likeness (QED) is 0.435. The molecule has 5 heteroatoms. The van der Waals surface area contributed by atoms with Crippen LogP contribution < -0.4 is 5.43 Å². The minimum absolute atomic E-state index is 0.111. The van der Waals surface area contributed by atoms with Crippen LogP contribution in [0.15, 0.2) is 53.6 Å². The van der Waals surface area contributed by atoms with Crippen LogP contribution in [0.1, 0.15) is 24.5 Å². The Bertz CT molecular complexity index is 979. The van der Waals surface area contributed by atoms with Gasteiger partial charge in [0.05, 0.1) is 25.8 Å². The summed E-state index contributed by atoms with van der Waals surface area (Å²) in [7, 11) is 0. The lowest BCUT2D eigenvalue weighted by Gasteiger charge is -2.20. The van der Waals surface area contributed by atoms with Crippen LogP contribution in [0.5, 0.6) is 0 Å². The topological polar surface area (TPSA) is 59.9 Å². The molecule has 0 radical (unpaired) electrons. The largest absolute Gasteiger partial charge is 0.347 e. The van der Waals surface area contributed by atoms with E-state index < -0.39 is 5.79 Å². The zero-order valence-electron chi connectivity index (χ0n) is 15.5. The van der Waals surface area contributed by atoms with Crippen LogP contribution in [0.25, 0.3) is 21.5 Å². The highest BCUT2D eigenvalue weighted by Crippen LogP contribution is 2.31. The fourth-order valence-electron chi connectivity index (χ4n) is 3.68. The second-order valence-electron chi connectivity index (χ2n) is 6.93. The minimum atomic E-state index is -0.858. The number of hydrogen-bond donors (Lipinski definition) is 1. The first-order valence-electron chi connectivity index (χ1n) is 9.07. The molecule has 0 aliphatic carbocycles. The second-order valence-corrected chi connectivity index (χ2v) is 6.93. The number of ether oxygens (including phenoxy) is 2. The number of nitrogens with one attached hydrogen (secondary N) is 1. The number of aryl methyl sites for hydroxylation is 1. The highest BCUT2D eigenvalue weighted by Gasteiger charge is 2.33. The van der Waals surface area contributed by atoms with E-state index in [-0.39, 0.29) is 12.3 Å². The molecule has 1 amide bonds. The zero-order valence-corrected chi connectivity index (χ0v) is 15.5. The summed E-state index contributed by atoms with van der Waals surface area (Å²) in [5, 5.41) is 8.80. The van der Waals surface area contributed by atoms with Crippen LogP contribution >= 0.6 is 0 Å². The van der Waals surface area contributed by atoms with Crippen molar-refractivity contribution in [1.82, 2.24) is 5.43 Å². The van der Waals surface area contributed by atoms with E-state index in [4.69, 9.17) is 9.47 Å². The first kappa shape index (κ1) is 17.6. The number of amides is 1. The van der Waals surface area contributed by atoms with Gasteiger partial charge in [-0.3, -0.25) is 4.79 Å². The van der Waals surface area contributed by atoms with Gasteiger partial charge in [0.15, 0.2) is 5.79 Å². The van der Waals surface area contributed by atoms with Crippen molar-refractivity contribution < 1.29 is 14.3 Å². The Morgan fingerprint density at radius 3 is 2.11 bits per heavy atom. The van der Waals surface area contributed by atoms with Gasteiger partial charge in [-0.25, -0.2) is 5.43 Å². The number of fused-ring (bicyclic) bond motifs is 2. The van der Waals surface area contributed by atoms with Gasteiger partial charge in [-0.15, -0.1) is 0 Å². The van der Waals surface area contributed by atoms with Crippen molar-refractivity contribution >= 4 is 33.7 Å². The van der Waals surface area contributed by atoms with E-state index in [0.29, 0.717) is 13.2 Å². The van der Waals surface area contributed by atoms with E-state index in [1.807, 2.05) is 24.3 Å². The maximum atomic E-state index is 12.2. The predicted molar refractivity (Wildman–Crippen MR) is 107 cm³/mol. The molecule has 3 aromatic rings. The molecular formula is C22H22N2O3. The molecule has 0 atom stereocenters. The number of carbonyl (C=O) groups is 1.